The van der Waals surface area contributed by atoms with Crippen LogP contribution in [0.2, 0.25) is 5.02 Å². The van der Waals surface area contributed by atoms with E-state index in [0.717, 1.165) is 16.7 Å². The predicted molar refractivity (Wildman–Crippen MR) is 118 cm³/mol. The second kappa shape index (κ2) is 10.1. The van der Waals surface area contributed by atoms with Crippen LogP contribution in [-0.2, 0) is 15.0 Å². The molecule has 1 aliphatic rings. The van der Waals surface area contributed by atoms with Crippen LogP contribution in [0.1, 0.15) is 42.5 Å². The number of nitrogens with zero attached hydrogens (tertiary/aromatic N) is 1. The topological polar surface area (TPSA) is 102 Å². The highest BCUT2D eigenvalue weighted by molar-refractivity contribution is 6.30. The Bertz CT molecular complexity index is 936. The number of carbonyl (C=O) groups excluding carboxylic acids is 2. The van der Waals surface area contributed by atoms with Gasteiger partial charge < -0.3 is 0 Å². The standard InChI is InChI=1S/C23H26ClN3O4/c1-16(18-5-2-17(3-6-18)4-11-21(28)25-30)27-14-12-23(13-15-27,22(29)26-31)19-7-9-20(24)10-8-19/h2-11,16,30-31H,12-15H2,1H3,(H,25,28)(H,26,29). The molecule has 1 atom stereocenters. The molecule has 1 saturated heterocycles. The van der Waals surface area contributed by atoms with Crippen molar-refractivity contribution in [1.29, 1.82) is 0 Å². The van der Waals surface area contributed by atoms with Gasteiger partial charge in [-0.1, -0.05) is 48.0 Å². The van der Waals surface area contributed by atoms with E-state index < -0.39 is 17.2 Å². The zero-order valence-electron chi connectivity index (χ0n) is 17.2. The van der Waals surface area contributed by atoms with Gasteiger partial charge in [-0.3, -0.25) is 24.9 Å². The Morgan fingerprint density at radius 2 is 1.65 bits per heavy atom. The fraction of sp³-hybridized carbons (Fsp3) is 0.304. The van der Waals surface area contributed by atoms with Crippen LogP contribution in [0.15, 0.2) is 54.6 Å². The van der Waals surface area contributed by atoms with Crippen molar-refractivity contribution in [3.63, 3.8) is 0 Å². The molecule has 0 aromatic heterocycles. The van der Waals surface area contributed by atoms with Crippen molar-refractivity contribution in [3.05, 3.63) is 76.3 Å². The molecule has 8 heteroatoms. The maximum absolute atomic E-state index is 12.6. The summed E-state index contributed by atoms with van der Waals surface area (Å²) in [7, 11) is 0. The summed E-state index contributed by atoms with van der Waals surface area (Å²) in [4.78, 5) is 26.0. The third-order valence-corrected chi connectivity index (χ3v) is 6.34. The molecule has 2 aromatic rings. The number of hydrogen-bond acceptors (Lipinski definition) is 5. The van der Waals surface area contributed by atoms with Crippen molar-refractivity contribution in [1.82, 2.24) is 15.9 Å². The molecule has 0 bridgehead atoms. The molecule has 2 aromatic carbocycles. The van der Waals surface area contributed by atoms with Gasteiger partial charge in [0, 0.05) is 30.2 Å². The first-order chi connectivity index (χ1) is 14.9. The molecule has 0 radical (unpaired) electrons. The molecular formula is C23H26ClN3O4. The van der Waals surface area contributed by atoms with Crippen molar-refractivity contribution < 1.29 is 20.0 Å². The molecule has 0 spiro atoms. The number of hydroxylamine groups is 2. The molecule has 4 N–H and O–H groups in total. The van der Waals surface area contributed by atoms with Crippen LogP contribution in [0, 0.1) is 0 Å². The Hall–Kier alpha value is -2.71. The molecule has 1 aliphatic heterocycles. The largest absolute Gasteiger partial charge is 0.297 e. The zero-order chi connectivity index (χ0) is 22.4. The first-order valence-electron chi connectivity index (χ1n) is 10.1. The highest BCUT2D eigenvalue weighted by Gasteiger charge is 2.43. The molecule has 164 valence electrons. The van der Waals surface area contributed by atoms with Gasteiger partial charge in [-0.25, -0.2) is 11.0 Å². The summed E-state index contributed by atoms with van der Waals surface area (Å²) in [5.41, 5.74) is 5.43. The fourth-order valence-electron chi connectivity index (χ4n) is 4.12. The van der Waals surface area contributed by atoms with Crippen molar-refractivity contribution in [2.24, 2.45) is 0 Å². The van der Waals surface area contributed by atoms with Crippen LogP contribution in [0.5, 0.6) is 0 Å². The lowest BCUT2D eigenvalue weighted by atomic mass is 9.72. The van der Waals surface area contributed by atoms with Gasteiger partial charge in [0.25, 0.3) is 11.8 Å². The van der Waals surface area contributed by atoms with E-state index in [9.17, 15) is 14.8 Å². The van der Waals surface area contributed by atoms with E-state index in [1.165, 1.54) is 6.08 Å². The van der Waals surface area contributed by atoms with Crippen LogP contribution in [0.4, 0.5) is 0 Å². The Kier molecular flexibility index (Phi) is 7.46. The minimum Gasteiger partial charge on any atom is -0.297 e. The monoisotopic (exact) mass is 443 g/mol. The number of hydrogen-bond donors (Lipinski definition) is 4. The number of likely N-dealkylation sites (tertiary alicyclic amines) is 1. The molecule has 0 saturated carbocycles. The third-order valence-electron chi connectivity index (χ3n) is 6.09. The quantitative estimate of drug-likeness (QED) is 0.311. The van der Waals surface area contributed by atoms with Crippen LogP contribution < -0.4 is 11.0 Å². The Balaban J connectivity index is 1.71. The summed E-state index contributed by atoms with van der Waals surface area (Å²) in [6.45, 7) is 3.50. The Morgan fingerprint density at radius 1 is 1.03 bits per heavy atom. The number of nitrogens with one attached hydrogen (secondary N) is 2. The molecular weight excluding hydrogens is 418 g/mol. The highest BCUT2D eigenvalue weighted by atomic mass is 35.5. The molecule has 1 unspecified atom stereocenters. The summed E-state index contributed by atoms with van der Waals surface area (Å²) >= 11 is 6.00. The maximum Gasteiger partial charge on any atom is 0.267 e. The number of carbonyl (C=O) groups is 2. The van der Waals surface area contributed by atoms with E-state index in [-0.39, 0.29) is 6.04 Å². The van der Waals surface area contributed by atoms with Gasteiger partial charge >= 0.3 is 0 Å². The van der Waals surface area contributed by atoms with Gasteiger partial charge in [0.2, 0.25) is 0 Å². The second-order valence-corrected chi connectivity index (χ2v) is 8.15. The zero-order valence-corrected chi connectivity index (χ0v) is 18.0. The van der Waals surface area contributed by atoms with Gasteiger partial charge in [-0.2, -0.15) is 0 Å². The molecule has 1 fully saturated rings. The highest BCUT2D eigenvalue weighted by Crippen LogP contribution is 2.38. The summed E-state index contributed by atoms with van der Waals surface area (Å²) in [6.07, 6.45) is 4.02. The van der Waals surface area contributed by atoms with Crippen molar-refractivity contribution in [2.45, 2.75) is 31.2 Å². The van der Waals surface area contributed by atoms with E-state index in [0.29, 0.717) is 31.0 Å². The minimum absolute atomic E-state index is 0.138. The molecule has 2 amide bonds. The maximum atomic E-state index is 12.6. The minimum atomic E-state index is -0.794. The lowest BCUT2D eigenvalue weighted by Crippen LogP contribution is -2.51. The van der Waals surface area contributed by atoms with Crippen LogP contribution >= 0.6 is 11.6 Å². The summed E-state index contributed by atoms with van der Waals surface area (Å²) in [5, 5.41) is 18.5. The first kappa shape index (κ1) is 23.0. The molecule has 31 heavy (non-hydrogen) atoms. The average Bonchev–Trinajstić information content (AvgIpc) is 2.82. The Labute approximate surface area is 186 Å². The van der Waals surface area contributed by atoms with E-state index in [2.05, 4.69) is 11.8 Å². The number of amides is 2. The number of halogens is 1. The smallest absolute Gasteiger partial charge is 0.267 e. The fourth-order valence-corrected chi connectivity index (χ4v) is 4.25. The normalized spacial score (nSPS) is 17.3. The van der Waals surface area contributed by atoms with Crippen molar-refractivity contribution in [2.75, 3.05) is 13.1 Å². The van der Waals surface area contributed by atoms with Gasteiger partial charge in [-0.05, 0) is 54.7 Å². The van der Waals surface area contributed by atoms with Gasteiger partial charge in [0.05, 0.1) is 5.41 Å². The molecule has 7 nitrogen and oxygen atoms in total. The van der Waals surface area contributed by atoms with Gasteiger partial charge in [0.1, 0.15) is 0 Å². The molecule has 0 aliphatic carbocycles. The third kappa shape index (κ3) is 5.14. The lowest BCUT2D eigenvalue weighted by Gasteiger charge is -2.42. The summed E-state index contributed by atoms with van der Waals surface area (Å²) in [6, 6.07) is 15.2. The number of benzene rings is 2. The van der Waals surface area contributed by atoms with E-state index in [4.69, 9.17) is 16.8 Å². The summed E-state index contributed by atoms with van der Waals surface area (Å²) in [5.74, 6) is -0.980. The predicted octanol–water partition coefficient (Wildman–Crippen LogP) is 3.46. The van der Waals surface area contributed by atoms with E-state index >= 15 is 0 Å². The molecule has 1 heterocycles. The summed E-state index contributed by atoms with van der Waals surface area (Å²) < 4.78 is 0. The van der Waals surface area contributed by atoms with Crippen LogP contribution in [0.3, 0.4) is 0 Å². The van der Waals surface area contributed by atoms with Crippen molar-refractivity contribution in [3.8, 4) is 0 Å². The Morgan fingerprint density at radius 3 is 2.19 bits per heavy atom. The average molecular weight is 444 g/mol. The van der Waals surface area contributed by atoms with Gasteiger partial charge in [-0.15, -0.1) is 0 Å². The lowest BCUT2D eigenvalue weighted by molar-refractivity contribution is -0.137. The molecule has 3 rings (SSSR count). The van der Waals surface area contributed by atoms with Crippen LogP contribution in [-0.4, -0.2) is 40.2 Å². The second-order valence-electron chi connectivity index (χ2n) is 7.72. The van der Waals surface area contributed by atoms with E-state index in [1.807, 2.05) is 41.9 Å². The SMILES string of the molecule is CC(c1ccc(C=CC(=O)NO)cc1)N1CCC(C(=O)NO)(c2ccc(Cl)cc2)CC1. The van der Waals surface area contributed by atoms with Crippen molar-refractivity contribution >= 4 is 29.5 Å². The number of rotatable bonds is 6. The first-order valence-corrected chi connectivity index (χ1v) is 10.4. The van der Waals surface area contributed by atoms with Crippen LogP contribution in [0.25, 0.3) is 6.08 Å². The van der Waals surface area contributed by atoms with Gasteiger partial charge in [0.15, 0.2) is 0 Å². The number of piperidine rings is 1. The van der Waals surface area contributed by atoms with E-state index in [1.54, 1.807) is 23.7 Å².